The van der Waals surface area contributed by atoms with Gasteiger partial charge < -0.3 is 9.80 Å². The van der Waals surface area contributed by atoms with Crippen LogP contribution < -0.4 is 5.32 Å². The summed E-state index contributed by atoms with van der Waals surface area (Å²) in [6, 6.07) is 6.42. The maximum Gasteiger partial charge on any atom is 0.253 e. The molecule has 32 heavy (non-hydrogen) atoms. The number of likely N-dealkylation sites (tertiary alicyclic amines) is 1. The lowest BCUT2D eigenvalue weighted by molar-refractivity contribution is -0.189. The molecule has 176 valence electrons. The number of nitrogens with zero attached hydrogens (tertiary/aromatic N) is 3. The Labute approximate surface area is 194 Å². The zero-order valence-electron chi connectivity index (χ0n) is 17.5. The molecule has 4 atom stereocenters. The maximum atomic E-state index is 14.8. The summed E-state index contributed by atoms with van der Waals surface area (Å²) >= 11 is 12.0. The molecule has 0 bridgehead atoms. The first-order chi connectivity index (χ1) is 15.1. The number of halogens is 5. The van der Waals surface area contributed by atoms with Gasteiger partial charge >= 0.3 is 0 Å². The van der Waals surface area contributed by atoms with Crippen molar-refractivity contribution in [1.29, 1.82) is 0 Å². The highest BCUT2D eigenvalue weighted by Gasteiger charge is 2.62. The summed E-state index contributed by atoms with van der Waals surface area (Å²) in [6.45, 7) is 1.25. The predicted octanol–water partition coefficient (Wildman–Crippen LogP) is 2.66. The third-order valence-electron chi connectivity index (χ3n) is 6.51. The summed E-state index contributed by atoms with van der Waals surface area (Å²) in [5.41, 5.74) is -0.567. The second kappa shape index (κ2) is 9.00. The monoisotopic (exact) mass is 492 g/mol. The fourth-order valence-electron chi connectivity index (χ4n) is 5.05. The third-order valence-corrected chi connectivity index (χ3v) is 7.09. The normalized spacial score (nSPS) is 29.5. The Morgan fingerprint density at radius 2 is 1.88 bits per heavy atom. The molecule has 0 saturated carbocycles. The Morgan fingerprint density at radius 3 is 2.47 bits per heavy atom. The standard InChI is InChI=1S/C21H25Cl2F3N4O2/c1-12(13-2-4-14(22)5-3-13)30-18(31)9-29(19-16(24)6-15(23)7-27-19)20(32)21(30)10-28(11-21)8-17(25)26/h2-5,12,15-17,19,27H,6-11H2,1H3/t12-,15?,16?,19?/m0/s1. The fourth-order valence-corrected chi connectivity index (χ4v) is 5.43. The van der Waals surface area contributed by atoms with E-state index in [4.69, 9.17) is 23.2 Å². The Hall–Kier alpha value is -1.55. The minimum Gasteiger partial charge on any atom is -0.317 e. The van der Waals surface area contributed by atoms with E-state index in [1.807, 2.05) is 0 Å². The topological polar surface area (TPSA) is 55.9 Å². The van der Waals surface area contributed by atoms with Crippen LogP contribution in [0, 0.1) is 0 Å². The quantitative estimate of drug-likeness (QED) is 0.642. The highest BCUT2D eigenvalue weighted by molar-refractivity contribution is 6.30. The molecule has 3 heterocycles. The lowest BCUT2D eigenvalue weighted by Crippen LogP contribution is -2.82. The van der Waals surface area contributed by atoms with Crippen LogP contribution in [-0.2, 0) is 9.59 Å². The highest BCUT2D eigenvalue weighted by atomic mass is 35.5. The van der Waals surface area contributed by atoms with Crippen molar-refractivity contribution in [3.05, 3.63) is 34.9 Å². The van der Waals surface area contributed by atoms with Crippen LogP contribution >= 0.6 is 23.2 Å². The number of carbonyl (C=O) groups excluding carboxylic acids is 2. The largest absolute Gasteiger partial charge is 0.317 e. The van der Waals surface area contributed by atoms with Gasteiger partial charge in [0.2, 0.25) is 5.91 Å². The van der Waals surface area contributed by atoms with Gasteiger partial charge in [0, 0.05) is 30.0 Å². The lowest BCUT2D eigenvalue weighted by atomic mass is 9.81. The first-order valence-electron chi connectivity index (χ1n) is 10.5. The molecule has 3 saturated heterocycles. The third kappa shape index (κ3) is 4.20. The van der Waals surface area contributed by atoms with Crippen LogP contribution in [-0.4, -0.2) is 88.9 Å². The van der Waals surface area contributed by atoms with Crippen LogP contribution in [0.2, 0.25) is 5.02 Å². The number of amides is 2. The Balaban J connectivity index is 1.64. The van der Waals surface area contributed by atoms with Crippen molar-refractivity contribution in [3.8, 4) is 0 Å². The van der Waals surface area contributed by atoms with E-state index in [0.29, 0.717) is 11.6 Å². The van der Waals surface area contributed by atoms with Crippen LogP contribution in [0.25, 0.3) is 0 Å². The molecule has 1 N–H and O–H groups in total. The molecule has 3 unspecified atom stereocenters. The molecule has 3 aliphatic rings. The number of piperazine rings is 1. The minimum atomic E-state index is -2.56. The van der Waals surface area contributed by atoms with Crippen molar-refractivity contribution < 1.29 is 22.8 Å². The minimum absolute atomic E-state index is 0.0296. The van der Waals surface area contributed by atoms with Gasteiger partial charge in [-0.05, 0) is 31.0 Å². The summed E-state index contributed by atoms with van der Waals surface area (Å²) in [5, 5.41) is 3.06. The molecule has 11 heteroatoms. The van der Waals surface area contributed by atoms with Gasteiger partial charge in [0.1, 0.15) is 24.4 Å². The smallest absolute Gasteiger partial charge is 0.253 e. The average Bonchev–Trinajstić information content (AvgIpc) is 2.69. The zero-order chi connectivity index (χ0) is 23.2. The van der Waals surface area contributed by atoms with E-state index in [1.54, 1.807) is 31.2 Å². The van der Waals surface area contributed by atoms with Crippen molar-refractivity contribution in [2.45, 2.75) is 49.1 Å². The van der Waals surface area contributed by atoms with Crippen molar-refractivity contribution >= 4 is 35.0 Å². The van der Waals surface area contributed by atoms with Crippen molar-refractivity contribution in [3.63, 3.8) is 0 Å². The second-order valence-electron chi connectivity index (χ2n) is 8.72. The molecule has 1 aromatic rings. The molecule has 0 radical (unpaired) electrons. The molecular formula is C21H25Cl2F3N4O2. The molecule has 3 fully saturated rings. The van der Waals surface area contributed by atoms with Crippen LogP contribution in [0.1, 0.15) is 24.9 Å². The van der Waals surface area contributed by atoms with E-state index in [-0.39, 0.29) is 32.0 Å². The zero-order valence-corrected chi connectivity index (χ0v) is 19.0. The van der Waals surface area contributed by atoms with E-state index < -0.39 is 48.2 Å². The number of piperidine rings is 1. The van der Waals surface area contributed by atoms with Gasteiger partial charge in [0.05, 0.1) is 12.6 Å². The van der Waals surface area contributed by atoms with E-state index in [0.717, 1.165) is 5.56 Å². The Bertz CT molecular complexity index is 869. The SMILES string of the molecule is C[C@@H](c1ccc(Cl)cc1)N1C(=O)CN(C2NCC(Cl)CC2F)C(=O)C12CN(CC(F)F)C2. The molecule has 3 aliphatic heterocycles. The summed E-state index contributed by atoms with van der Waals surface area (Å²) in [5.74, 6) is -0.789. The van der Waals surface area contributed by atoms with Crippen molar-refractivity contribution in [2.75, 3.05) is 32.7 Å². The van der Waals surface area contributed by atoms with Crippen LogP contribution in [0.5, 0.6) is 0 Å². The van der Waals surface area contributed by atoms with Gasteiger partial charge in [-0.3, -0.25) is 19.8 Å². The molecule has 6 nitrogen and oxygen atoms in total. The fraction of sp³-hybridized carbons (Fsp3) is 0.619. The molecule has 4 rings (SSSR count). The highest BCUT2D eigenvalue weighted by Crippen LogP contribution is 2.41. The number of nitrogens with one attached hydrogen (secondary N) is 1. The van der Waals surface area contributed by atoms with Gasteiger partial charge in [-0.25, -0.2) is 13.2 Å². The van der Waals surface area contributed by atoms with Crippen LogP contribution in [0.15, 0.2) is 24.3 Å². The Morgan fingerprint density at radius 1 is 1.22 bits per heavy atom. The van der Waals surface area contributed by atoms with E-state index >= 15 is 0 Å². The van der Waals surface area contributed by atoms with E-state index in [9.17, 15) is 22.8 Å². The van der Waals surface area contributed by atoms with Crippen molar-refractivity contribution in [2.24, 2.45) is 0 Å². The molecule has 0 aromatic heterocycles. The molecule has 1 spiro atoms. The average molecular weight is 493 g/mol. The number of carbonyl (C=O) groups is 2. The first kappa shape index (κ1) is 23.6. The second-order valence-corrected chi connectivity index (χ2v) is 9.77. The lowest BCUT2D eigenvalue weighted by Gasteiger charge is -2.60. The number of benzene rings is 1. The summed E-state index contributed by atoms with van der Waals surface area (Å²) in [7, 11) is 0. The van der Waals surface area contributed by atoms with Gasteiger partial charge in [-0.1, -0.05) is 23.7 Å². The maximum absolute atomic E-state index is 14.8. The van der Waals surface area contributed by atoms with Gasteiger partial charge in [-0.2, -0.15) is 0 Å². The van der Waals surface area contributed by atoms with Gasteiger partial charge in [0.15, 0.2) is 0 Å². The summed E-state index contributed by atoms with van der Waals surface area (Å²) in [4.78, 5) is 31.2. The first-order valence-corrected chi connectivity index (χ1v) is 11.3. The molecular weight excluding hydrogens is 468 g/mol. The predicted molar refractivity (Wildman–Crippen MR) is 115 cm³/mol. The number of hydrogen-bond donors (Lipinski definition) is 1. The molecule has 0 aliphatic carbocycles. The Kier molecular flexibility index (Phi) is 6.64. The van der Waals surface area contributed by atoms with Gasteiger partial charge in [0.25, 0.3) is 12.3 Å². The van der Waals surface area contributed by atoms with Crippen molar-refractivity contribution in [1.82, 2.24) is 20.0 Å². The number of rotatable bonds is 5. The summed E-state index contributed by atoms with van der Waals surface area (Å²) < 4.78 is 40.7. The van der Waals surface area contributed by atoms with Gasteiger partial charge in [-0.15, -0.1) is 11.6 Å². The number of hydrogen-bond acceptors (Lipinski definition) is 4. The van der Waals surface area contributed by atoms with Crippen LogP contribution in [0.3, 0.4) is 0 Å². The summed E-state index contributed by atoms with van der Waals surface area (Å²) in [6.07, 6.45) is -4.91. The molecule has 1 aromatic carbocycles. The van der Waals surface area contributed by atoms with E-state index in [1.165, 1.54) is 14.7 Å². The molecule has 2 amide bonds. The van der Waals surface area contributed by atoms with Crippen LogP contribution in [0.4, 0.5) is 13.2 Å². The number of alkyl halides is 4. The van der Waals surface area contributed by atoms with E-state index in [2.05, 4.69) is 5.32 Å².